The number of benzene rings is 2. The normalized spacial score (nSPS) is 11.6. The summed E-state index contributed by atoms with van der Waals surface area (Å²) in [6, 6.07) is 9.84. The SMILES string of the molecule is Cc1cc(Nc2nccc(N(C)c3n[nH]c4cc(F)c(C)cc34)n2)cc(S(C)(=O)=O)c1.O=C(O)C(F)(F)F. The lowest BCUT2D eigenvalue weighted by molar-refractivity contribution is -0.192. The van der Waals surface area contributed by atoms with Crippen LogP contribution < -0.4 is 10.2 Å². The molecule has 38 heavy (non-hydrogen) atoms. The van der Waals surface area contributed by atoms with Gasteiger partial charge in [-0.1, -0.05) is 0 Å². The smallest absolute Gasteiger partial charge is 0.475 e. The quantitative estimate of drug-likeness (QED) is 0.301. The number of alkyl halides is 3. The van der Waals surface area contributed by atoms with Crippen LogP contribution in [0, 0.1) is 19.7 Å². The lowest BCUT2D eigenvalue weighted by Gasteiger charge is -2.17. The van der Waals surface area contributed by atoms with Crippen LogP contribution in [0.5, 0.6) is 0 Å². The van der Waals surface area contributed by atoms with Crippen molar-refractivity contribution in [3.8, 4) is 0 Å². The second-order valence-corrected chi connectivity index (χ2v) is 10.2. The molecule has 3 N–H and O–H groups in total. The summed E-state index contributed by atoms with van der Waals surface area (Å²) < 4.78 is 69.4. The van der Waals surface area contributed by atoms with Gasteiger partial charge in [0, 0.05) is 30.6 Å². The zero-order chi connectivity index (χ0) is 28.4. The van der Waals surface area contributed by atoms with E-state index in [-0.39, 0.29) is 10.7 Å². The number of hydrogen-bond donors (Lipinski definition) is 3. The Kier molecular flexibility index (Phi) is 7.90. The Morgan fingerprint density at radius 1 is 1.13 bits per heavy atom. The standard InChI is InChI=1S/C21H21FN6O2S.C2HF3O2/c1-12-7-14(10-15(8-12)31(4,29)30)24-21-23-6-5-19(25-21)28(3)20-16-9-13(2)17(22)11-18(16)26-27-20;3-2(4,5)1(6)7/h5-11H,1-4H3,(H,26,27)(H,23,24,25);(H,6,7). The molecule has 0 atom stereocenters. The summed E-state index contributed by atoms with van der Waals surface area (Å²) in [7, 11) is -1.55. The van der Waals surface area contributed by atoms with Crippen LogP contribution in [0.4, 0.5) is 40.8 Å². The molecule has 4 aromatic rings. The van der Waals surface area contributed by atoms with E-state index in [1.807, 2.05) is 13.0 Å². The van der Waals surface area contributed by atoms with Gasteiger partial charge < -0.3 is 15.3 Å². The molecule has 0 aliphatic carbocycles. The summed E-state index contributed by atoms with van der Waals surface area (Å²) >= 11 is 0. The molecule has 202 valence electrons. The van der Waals surface area contributed by atoms with Gasteiger partial charge in [0.2, 0.25) is 5.95 Å². The highest BCUT2D eigenvalue weighted by Gasteiger charge is 2.38. The first kappa shape index (κ1) is 28.3. The van der Waals surface area contributed by atoms with Gasteiger partial charge in [0.25, 0.3) is 0 Å². The van der Waals surface area contributed by atoms with Gasteiger partial charge in [0.15, 0.2) is 15.7 Å². The van der Waals surface area contributed by atoms with Gasteiger partial charge in [-0.3, -0.25) is 5.10 Å². The molecule has 2 aromatic heterocycles. The van der Waals surface area contributed by atoms with Crippen LogP contribution >= 0.6 is 0 Å². The van der Waals surface area contributed by atoms with Crippen molar-refractivity contribution in [3.05, 3.63) is 59.5 Å². The maximum absolute atomic E-state index is 13.8. The molecule has 15 heteroatoms. The fourth-order valence-electron chi connectivity index (χ4n) is 3.26. The first-order valence-electron chi connectivity index (χ1n) is 10.7. The van der Waals surface area contributed by atoms with E-state index < -0.39 is 22.0 Å². The van der Waals surface area contributed by atoms with Gasteiger partial charge in [0.05, 0.1) is 10.4 Å². The van der Waals surface area contributed by atoms with Crippen molar-refractivity contribution in [1.82, 2.24) is 20.2 Å². The highest BCUT2D eigenvalue weighted by Crippen LogP contribution is 2.30. The van der Waals surface area contributed by atoms with Crippen LogP contribution in [0.2, 0.25) is 0 Å². The zero-order valence-corrected chi connectivity index (χ0v) is 21.2. The van der Waals surface area contributed by atoms with Crippen LogP contribution in [0.3, 0.4) is 0 Å². The lowest BCUT2D eigenvalue weighted by Crippen LogP contribution is -2.21. The van der Waals surface area contributed by atoms with Gasteiger partial charge in [-0.15, -0.1) is 0 Å². The van der Waals surface area contributed by atoms with E-state index in [4.69, 9.17) is 9.90 Å². The van der Waals surface area contributed by atoms with Gasteiger partial charge in [0.1, 0.15) is 11.6 Å². The third kappa shape index (κ3) is 6.73. The van der Waals surface area contributed by atoms with Crippen molar-refractivity contribution in [2.24, 2.45) is 0 Å². The number of aromatic nitrogens is 4. The fourth-order valence-corrected chi connectivity index (χ4v) is 4.00. The fraction of sp³-hybridized carbons (Fsp3) is 0.217. The molecular formula is C23H22F4N6O4S. The lowest BCUT2D eigenvalue weighted by atomic mass is 10.1. The van der Waals surface area contributed by atoms with E-state index >= 15 is 0 Å². The number of carbonyl (C=O) groups is 1. The molecule has 0 saturated carbocycles. The van der Waals surface area contributed by atoms with Crippen LogP contribution in [-0.4, -0.2) is 59.1 Å². The van der Waals surface area contributed by atoms with Crippen LogP contribution in [-0.2, 0) is 14.6 Å². The number of rotatable bonds is 5. The van der Waals surface area contributed by atoms with Crippen molar-refractivity contribution in [2.45, 2.75) is 24.9 Å². The van der Waals surface area contributed by atoms with Crippen molar-refractivity contribution in [2.75, 3.05) is 23.5 Å². The minimum Gasteiger partial charge on any atom is -0.475 e. The molecule has 2 heterocycles. The number of anilines is 4. The maximum Gasteiger partial charge on any atom is 0.490 e. The number of hydrogen-bond acceptors (Lipinski definition) is 8. The van der Waals surface area contributed by atoms with Gasteiger partial charge in [-0.05, 0) is 61.4 Å². The van der Waals surface area contributed by atoms with E-state index in [2.05, 4.69) is 25.5 Å². The zero-order valence-electron chi connectivity index (χ0n) is 20.4. The molecule has 2 aromatic carbocycles. The predicted molar refractivity (Wildman–Crippen MR) is 132 cm³/mol. The summed E-state index contributed by atoms with van der Waals surface area (Å²) in [6.07, 6.45) is -2.33. The molecule has 10 nitrogen and oxygen atoms in total. The molecule has 4 rings (SSSR count). The van der Waals surface area contributed by atoms with Gasteiger partial charge in [-0.2, -0.15) is 23.3 Å². The molecule has 0 radical (unpaired) electrons. The van der Waals surface area contributed by atoms with E-state index in [9.17, 15) is 26.0 Å². The summed E-state index contributed by atoms with van der Waals surface area (Å²) in [5, 5.41) is 18.1. The minimum atomic E-state index is -5.08. The molecule has 0 amide bonds. The molecule has 0 aliphatic rings. The number of carboxylic acids is 1. The van der Waals surface area contributed by atoms with Crippen molar-refractivity contribution >= 4 is 50.0 Å². The molecule has 0 aliphatic heterocycles. The number of aliphatic carboxylic acids is 1. The number of halogens is 4. The summed E-state index contributed by atoms with van der Waals surface area (Å²) in [4.78, 5) is 19.6. The van der Waals surface area contributed by atoms with Crippen LogP contribution in [0.25, 0.3) is 10.9 Å². The Bertz CT molecular complexity index is 1610. The van der Waals surface area contributed by atoms with Crippen LogP contribution in [0.1, 0.15) is 11.1 Å². The van der Waals surface area contributed by atoms with Crippen molar-refractivity contribution in [3.63, 3.8) is 0 Å². The monoisotopic (exact) mass is 554 g/mol. The number of sulfone groups is 1. The van der Waals surface area contributed by atoms with E-state index in [1.54, 1.807) is 49.3 Å². The highest BCUT2D eigenvalue weighted by atomic mass is 32.2. The second kappa shape index (κ2) is 10.6. The topological polar surface area (TPSA) is 141 Å². The number of H-pyrrole nitrogens is 1. The Balaban J connectivity index is 0.000000505. The third-order valence-electron chi connectivity index (χ3n) is 5.10. The minimum absolute atomic E-state index is 0.217. The number of carboxylic acid groups (broad SMARTS) is 1. The Morgan fingerprint density at radius 2 is 1.79 bits per heavy atom. The largest absolute Gasteiger partial charge is 0.490 e. The summed E-state index contributed by atoms with van der Waals surface area (Å²) in [6.45, 7) is 3.52. The average molecular weight is 555 g/mol. The van der Waals surface area contributed by atoms with Crippen LogP contribution in [0.15, 0.2) is 47.5 Å². The van der Waals surface area contributed by atoms with Crippen molar-refractivity contribution < 1.29 is 35.9 Å². The number of nitrogens with one attached hydrogen (secondary N) is 2. The van der Waals surface area contributed by atoms with Gasteiger partial charge >= 0.3 is 12.1 Å². The molecule has 0 bridgehead atoms. The molecular weight excluding hydrogens is 532 g/mol. The first-order valence-corrected chi connectivity index (χ1v) is 12.6. The summed E-state index contributed by atoms with van der Waals surface area (Å²) in [5.74, 6) is -1.60. The Morgan fingerprint density at radius 3 is 2.39 bits per heavy atom. The maximum atomic E-state index is 13.8. The molecule has 0 saturated heterocycles. The second-order valence-electron chi connectivity index (χ2n) is 8.23. The summed E-state index contributed by atoms with van der Waals surface area (Å²) in [5.41, 5.74) is 2.47. The number of nitrogens with zero attached hydrogens (tertiary/aromatic N) is 4. The average Bonchev–Trinajstić information content (AvgIpc) is 3.20. The number of aryl methyl sites for hydroxylation is 2. The highest BCUT2D eigenvalue weighted by molar-refractivity contribution is 7.90. The first-order chi connectivity index (χ1) is 17.6. The van der Waals surface area contributed by atoms with Gasteiger partial charge in [-0.25, -0.2) is 22.6 Å². The molecule has 0 unspecified atom stereocenters. The van der Waals surface area contributed by atoms with E-state index in [0.29, 0.717) is 34.4 Å². The van der Waals surface area contributed by atoms with Crippen molar-refractivity contribution in [1.29, 1.82) is 0 Å². The Hall–Kier alpha value is -4.27. The van der Waals surface area contributed by atoms with E-state index in [0.717, 1.165) is 10.9 Å². The molecule has 0 spiro atoms. The number of aromatic amines is 1. The molecule has 0 fully saturated rings. The Labute approximate surface area is 214 Å². The van der Waals surface area contributed by atoms with E-state index in [1.165, 1.54) is 12.3 Å². The predicted octanol–water partition coefficient (Wildman–Crippen LogP) is 4.66. The third-order valence-corrected chi connectivity index (χ3v) is 6.19. The number of fused-ring (bicyclic) bond motifs is 1.